The number of hydrogen-bond acceptors (Lipinski definition) is 4. The zero-order valence-electron chi connectivity index (χ0n) is 10.3. The van der Waals surface area contributed by atoms with Crippen LogP contribution in [0.4, 0.5) is 0 Å². The van der Waals surface area contributed by atoms with E-state index in [1.807, 2.05) is 6.92 Å². The third-order valence-electron chi connectivity index (χ3n) is 2.50. The highest BCUT2D eigenvalue weighted by Gasteiger charge is 2.13. The molecule has 0 aromatic heterocycles. The van der Waals surface area contributed by atoms with Gasteiger partial charge in [0.15, 0.2) is 0 Å². The number of rotatable bonds is 5. The van der Waals surface area contributed by atoms with Crippen LogP contribution < -0.4 is 15.8 Å². The minimum absolute atomic E-state index is 0.0932. The van der Waals surface area contributed by atoms with Crippen LogP contribution in [0.15, 0.2) is 18.2 Å². The second kappa shape index (κ2) is 6.20. The minimum atomic E-state index is -0.377. The Morgan fingerprint density at radius 2 is 2.28 bits per heavy atom. The first-order valence-electron chi connectivity index (χ1n) is 5.40. The molecule has 0 aliphatic carbocycles. The largest absolute Gasteiger partial charge is 0.507 e. The van der Waals surface area contributed by atoms with Gasteiger partial charge in [-0.2, -0.15) is 0 Å². The van der Waals surface area contributed by atoms with Gasteiger partial charge < -0.3 is 20.9 Å². The highest BCUT2D eigenvalue weighted by Crippen LogP contribution is 2.23. The number of ether oxygens (including phenoxy) is 1. The minimum Gasteiger partial charge on any atom is -0.507 e. The third-order valence-corrected chi connectivity index (χ3v) is 2.91. The van der Waals surface area contributed by atoms with Crippen molar-refractivity contribution in [1.29, 1.82) is 0 Å². The standard InChI is InChI=1S/C12H16N2O3S/c1-7(11(13)18)6-14-12(16)9-4-3-8(17-2)5-10(9)15/h3-5,7,15H,6H2,1-2H3,(H2,13,18)(H,14,16). The molecule has 0 fully saturated rings. The van der Waals surface area contributed by atoms with Crippen molar-refractivity contribution in [2.75, 3.05) is 13.7 Å². The molecule has 0 spiro atoms. The lowest BCUT2D eigenvalue weighted by atomic mass is 10.1. The van der Waals surface area contributed by atoms with E-state index in [9.17, 15) is 9.90 Å². The van der Waals surface area contributed by atoms with Crippen molar-refractivity contribution in [3.8, 4) is 11.5 Å². The number of nitrogens with two attached hydrogens (primary N) is 1. The van der Waals surface area contributed by atoms with Gasteiger partial charge in [-0.15, -0.1) is 0 Å². The van der Waals surface area contributed by atoms with Crippen molar-refractivity contribution < 1.29 is 14.6 Å². The highest BCUT2D eigenvalue weighted by molar-refractivity contribution is 7.80. The topological polar surface area (TPSA) is 84.6 Å². The lowest BCUT2D eigenvalue weighted by Gasteiger charge is -2.12. The van der Waals surface area contributed by atoms with E-state index in [2.05, 4.69) is 5.32 Å². The number of thiocarbonyl (C=S) groups is 1. The number of nitrogens with one attached hydrogen (secondary N) is 1. The van der Waals surface area contributed by atoms with Gasteiger partial charge in [-0.25, -0.2) is 0 Å². The fourth-order valence-electron chi connectivity index (χ4n) is 1.27. The molecule has 1 atom stereocenters. The quantitative estimate of drug-likeness (QED) is 0.695. The van der Waals surface area contributed by atoms with Crippen molar-refractivity contribution in [3.05, 3.63) is 23.8 Å². The molecule has 4 N–H and O–H groups in total. The molecule has 1 rings (SSSR count). The van der Waals surface area contributed by atoms with Gasteiger partial charge in [0.1, 0.15) is 11.5 Å². The van der Waals surface area contributed by atoms with E-state index >= 15 is 0 Å². The molecule has 0 bridgehead atoms. The van der Waals surface area contributed by atoms with E-state index in [1.54, 1.807) is 6.07 Å². The molecule has 6 heteroatoms. The number of amides is 1. The molecular formula is C12H16N2O3S. The number of phenols is 1. The second-order valence-corrected chi connectivity index (χ2v) is 4.37. The van der Waals surface area contributed by atoms with Crippen LogP contribution in [0, 0.1) is 5.92 Å². The van der Waals surface area contributed by atoms with Crippen LogP contribution in [0.2, 0.25) is 0 Å². The molecule has 0 saturated heterocycles. The summed E-state index contributed by atoms with van der Waals surface area (Å²) in [5.74, 6) is -0.113. The first-order chi connectivity index (χ1) is 8.45. The molecule has 1 amide bonds. The summed E-state index contributed by atoms with van der Waals surface area (Å²) in [5, 5.41) is 12.3. The summed E-state index contributed by atoms with van der Waals surface area (Å²) in [4.78, 5) is 12.1. The predicted molar refractivity (Wildman–Crippen MR) is 72.9 cm³/mol. The summed E-state index contributed by atoms with van der Waals surface area (Å²) < 4.78 is 4.93. The Labute approximate surface area is 111 Å². The Kier molecular flexibility index (Phi) is 4.91. The molecule has 0 heterocycles. The van der Waals surface area contributed by atoms with E-state index in [0.29, 0.717) is 17.3 Å². The van der Waals surface area contributed by atoms with Gasteiger partial charge >= 0.3 is 0 Å². The van der Waals surface area contributed by atoms with Crippen LogP contribution in [-0.4, -0.2) is 29.7 Å². The van der Waals surface area contributed by atoms with E-state index in [-0.39, 0.29) is 23.1 Å². The fraction of sp³-hybridized carbons (Fsp3) is 0.333. The average Bonchev–Trinajstić information content (AvgIpc) is 2.34. The van der Waals surface area contributed by atoms with Crippen LogP contribution in [0.3, 0.4) is 0 Å². The summed E-state index contributed by atoms with van der Waals surface area (Å²) in [5.41, 5.74) is 5.63. The maximum atomic E-state index is 11.8. The van der Waals surface area contributed by atoms with Gasteiger partial charge in [0, 0.05) is 18.5 Å². The first-order valence-corrected chi connectivity index (χ1v) is 5.81. The van der Waals surface area contributed by atoms with Crippen molar-refractivity contribution in [1.82, 2.24) is 5.32 Å². The fourth-order valence-corrected chi connectivity index (χ4v) is 1.36. The van der Waals surface area contributed by atoms with E-state index in [0.717, 1.165) is 0 Å². The maximum Gasteiger partial charge on any atom is 0.255 e. The Hall–Kier alpha value is -1.82. The van der Waals surface area contributed by atoms with Crippen molar-refractivity contribution >= 4 is 23.1 Å². The average molecular weight is 268 g/mol. The van der Waals surface area contributed by atoms with E-state index < -0.39 is 0 Å². The molecule has 0 aliphatic heterocycles. The number of carbonyl (C=O) groups excluding carboxylic acids is 1. The summed E-state index contributed by atoms with van der Waals surface area (Å²) in [6.45, 7) is 2.15. The molecule has 1 unspecified atom stereocenters. The monoisotopic (exact) mass is 268 g/mol. The number of methoxy groups -OCH3 is 1. The molecule has 98 valence electrons. The molecule has 0 aliphatic rings. The Morgan fingerprint density at radius 3 is 2.78 bits per heavy atom. The highest BCUT2D eigenvalue weighted by atomic mass is 32.1. The van der Waals surface area contributed by atoms with Crippen molar-refractivity contribution in [3.63, 3.8) is 0 Å². The summed E-state index contributed by atoms with van der Waals surface area (Å²) in [6, 6.07) is 4.48. The van der Waals surface area contributed by atoms with Crippen LogP contribution in [0.5, 0.6) is 11.5 Å². The van der Waals surface area contributed by atoms with Gasteiger partial charge in [0.2, 0.25) is 0 Å². The van der Waals surface area contributed by atoms with Crippen LogP contribution in [0.25, 0.3) is 0 Å². The van der Waals surface area contributed by atoms with Crippen LogP contribution in [-0.2, 0) is 0 Å². The molecule has 1 aromatic rings. The van der Waals surface area contributed by atoms with Crippen LogP contribution in [0.1, 0.15) is 17.3 Å². The smallest absolute Gasteiger partial charge is 0.255 e. The molecule has 0 radical (unpaired) electrons. The second-order valence-electron chi connectivity index (χ2n) is 3.90. The van der Waals surface area contributed by atoms with E-state index in [4.69, 9.17) is 22.7 Å². The lowest BCUT2D eigenvalue weighted by molar-refractivity contribution is 0.0948. The molecular weight excluding hydrogens is 252 g/mol. The Morgan fingerprint density at radius 1 is 1.61 bits per heavy atom. The maximum absolute atomic E-state index is 11.8. The van der Waals surface area contributed by atoms with Gasteiger partial charge in [-0.1, -0.05) is 19.1 Å². The van der Waals surface area contributed by atoms with Gasteiger partial charge in [0.05, 0.1) is 17.7 Å². The van der Waals surface area contributed by atoms with Crippen molar-refractivity contribution in [2.24, 2.45) is 11.7 Å². The van der Waals surface area contributed by atoms with Gasteiger partial charge in [0.25, 0.3) is 5.91 Å². The number of hydrogen-bond donors (Lipinski definition) is 3. The molecule has 5 nitrogen and oxygen atoms in total. The summed E-state index contributed by atoms with van der Waals surface area (Å²) in [7, 11) is 1.48. The summed E-state index contributed by atoms with van der Waals surface area (Å²) >= 11 is 4.81. The molecule has 18 heavy (non-hydrogen) atoms. The third kappa shape index (κ3) is 3.59. The number of phenolic OH excluding ortho intramolecular Hbond substituents is 1. The molecule has 0 saturated carbocycles. The Balaban J connectivity index is 2.70. The number of benzene rings is 1. The van der Waals surface area contributed by atoms with Gasteiger partial charge in [-0.05, 0) is 12.1 Å². The molecule has 1 aromatic carbocycles. The normalized spacial score (nSPS) is 11.7. The zero-order chi connectivity index (χ0) is 13.7. The van der Waals surface area contributed by atoms with Crippen molar-refractivity contribution in [2.45, 2.75) is 6.92 Å². The van der Waals surface area contributed by atoms with Gasteiger partial charge in [-0.3, -0.25) is 4.79 Å². The summed E-state index contributed by atoms with van der Waals surface area (Å²) in [6.07, 6.45) is 0. The predicted octanol–water partition coefficient (Wildman–Crippen LogP) is 1.05. The number of aromatic hydroxyl groups is 1. The zero-order valence-corrected chi connectivity index (χ0v) is 11.1. The first kappa shape index (κ1) is 14.2. The van der Waals surface area contributed by atoms with E-state index in [1.165, 1.54) is 19.2 Å². The number of carbonyl (C=O) groups is 1. The van der Waals surface area contributed by atoms with Crippen LogP contribution >= 0.6 is 12.2 Å². The Bertz CT molecular complexity index is 463. The SMILES string of the molecule is COc1ccc(C(=O)NCC(C)C(N)=S)c(O)c1. The lowest BCUT2D eigenvalue weighted by Crippen LogP contribution is -2.33.